The van der Waals surface area contributed by atoms with Crippen molar-refractivity contribution in [1.82, 2.24) is 4.90 Å². The van der Waals surface area contributed by atoms with Crippen molar-refractivity contribution in [3.05, 3.63) is 0 Å². The molecule has 3 nitrogen and oxygen atoms in total. The van der Waals surface area contributed by atoms with Crippen LogP contribution in [0.25, 0.3) is 0 Å². The van der Waals surface area contributed by atoms with Gasteiger partial charge in [0.25, 0.3) is 0 Å². The topological polar surface area (TPSA) is 32.7 Å². The quantitative estimate of drug-likeness (QED) is 0.483. The van der Waals surface area contributed by atoms with Gasteiger partial charge < -0.3 is 4.90 Å². The summed E-state index contributed by atoms with van der Waals surface area (Å²) in [5.41, 5.74) is 0. The summed E-state index contributed by atoms with van der Waals surface area (Å²) in [5.74, 6) is 0.613. The van der Waals surface area contributed by atoms with Crippen molar-refractivity contribution in [2.75, 3.05) is 19.6 Å². The van der Waals surface area contributed by atoms with E-state index in [0.29, 0.717) is 12.5 Å². The predicted octanol–water partition coefficient (Wildman–Crippen LogP) is 1.20. The maximum atomic E-state index is 9.94. The lowest BCUT2D eigenvalue weighted by Gasteiger charge is -2.34. The molecule has 0 aromatic heterocycles. The first-order valence-corrected chi connectivity index (χ1v) is 5.18. The summed E-state index contributed by atoms with van der Waals surface area (Å²) < 4.78 is 0. The Morgan fingerprint density at radius 3 is 2.85 bits per heavy atom. The minimum Gasteiger partial charge on any atom is -0.300 e. The summed E-state index contributed by atoms with van der Waals surface area (Å²) in [6, 6.07) is 0.852. The maximum Gasteiger partial charge on any atom is 0.234 e. The van der Waals surface area contributed by atoms with Crippen LogP contribution < -0.4 is 0 Å². The molecule has 2 rings (SSSR count). The van der Waals surface area contributed by atoms with Crippen molar-refractivity contribution in [2.45, 2.75) is 31.7 Å². The summed E-state index contributed by atoms with van der Waals surface area (Å²) in [4.78, 5) is 16.2. The van der Waals surface area contributed by atoms with Crippen LogP contribution in [0.15, 0.2) is 4.99 Å². The minimum absolute atomic E-state index is 0.613. The molecule has 13 heavy (non-hydrogen) atoms. The summed E-state index contributed by atoms with van der Waals surface area (Å²) in [6.45, 7) is 3.05. The summed E-state index contributed by atoms with van der Waals surface area (Å²) in [6.07, 6.45) is 6.99. The zero-order valence-electron chi connectivity index (χ0n) is 7.91. The van der Waals surface area contributed by atoms with Crippen LogP contribution in [0.5, 0.6) is 0 Å². The van der Waals surface area contributed by atoms with Gasteiger partial charge in [-0.3, -0.25) is 0 Å². The highest BCUT2D eigenvalue weighted by Crippen LogP contribution is 2.29. The molecule has 2 fully saturated rings. The molecular formula is C10H16N2O. The number of isocyanates is 1. The molecular weight excluding hydrogens is 164 g/mol. The van der Waals surface area contributed by atoms with Gasteiger partial charge in [0, 0.05) is 12.6 Å². The Morgan fingerprint density at radius 1 is 1.38 bits per heavy atom. The van der Waals surface area contributed by atoms with Gasteiger partial charge in [-0.1, -0.05) is 6.42 Å². The van der Waals surface area contributed by atoms with Crippen LogP contribution in [0.4, 0.5) is 0 Å². The molecule has 2 aliphatic rings. The normalized spacial score (nSPS) is 29.7. The van der Waals surface area contributed by atoms with E-state index >= 15 is 0 Å². The van der Waals surface area contributed by atoms with E-state index in [1.807, 2.05) is 0 Å². The van der Waals surface area contributed by atoms with E-state index in [2.05, 4.69) is 9.89 Å². The third-order valence-electron chi connectivity index (χ3n) is 3.32. The monoisotopic (exact) mass is 180 g/mol. The number of aliphatic imine (C=N–C) groups is 1. The van der Waals surface area contributed by atoms with E-state index in [1.54, 1.807) is 6.08 Å². The van der Waals surface area contributed by atoms with Crippen LogP contribution in [-0.4, -0.2) is 36.7 Å². The molecule has 0 aromatic rings. The molecule has 1 saturated heterocycles. The van der Waals surface area contributed by atoms with Crippen molar-refractivity contribution in [1.29, 1.82) is 0 Å². The fraction of sp³-hybridized carbons (Fsp3) is 0.900. The fourth-order valence-electron chi connectivity index (χ4n) is 2.26. The zero-order chi connectivity index (χ0) is 9.10. The number of likely N-dealkylation sites (tertiary alicyclic amines) is 1. The van der Waals surface area contributed by atoms with Crippen LogP contribution in [0, 0.1) is 5.92 Å². The van der Waals surface area contributed by atoms with Gasteiger partial charge >= 0.3 is 0 Å². The SMILES string of the molecule is O=C=NCC1CCN(C2CCC2)C1. The third-order valence-corrected chi connectivity index (χ3v) is 3.32. The van der Waals surface area contributed by atoms with Crippen molar-refractivity contribution in [2.24, 2.45) is 10.9 Å². The molecule has 3 heteroatoms. The molecule has 0 amide bonds. The van der Waals surface area contributed by atoms with Gasteiger partial charge in [-0.25, -0.2) is 9.79 Å². The van der Waals surface area contributed by atoms with Crippen molar-refractivity contribution >= 4 is 6.08 Å². The first kappa shape index (κ1) is 8.92. The lowest BCUT2D eigenvalue weighted by Crippen LogP contribution is -2.38. The van der Waals surface area contributed by atoms with E-state index in [4.69, 9.17) is 0 Å². The lowest BCUT2D eigenvalue weighted by atomic mass is 9.92. The van der Waals surface area contributed by atoms with Crippen LogP contribution in [0.1, 0.15) is 25.7 Å². The second-order valence-electron chi connectivity index (χ2n) is 4.17. The average Bonchev–Trinajstić information content (AvgIpc) is 2.46. The number of nitrogens with zero attached hydrogens (tertiary/aromatic N) is 2. The summed E-state index contributed by atoms with van der Waals surface area (Å²) in [7, 11) is 0. The van der Waals surface area contributed by atoms with Crippen molar-refractivity contribution < 1.29 is 4.79 Å². The third kappa shape index (κ3) is 1.98. The van der Waals surface area contributed by atoms with E-state index in [1.165, 1.54) is 32.2 Å². The maximum absolute atomic E-state index is 9.94. The summed E-state index contributed by atoms with van der Waals surface area (Å²) in [5, 5.41) is 0. The molecule has 0 bridgehead atoms. The minimum atomic E-state index is 0.613. The highest BCUT2D eigenvalue weighted by Gasteiger charge is 2.30. The van der Waals surface area contributed by atoms with Crippen LogP contribution >= 0.6 is 0 Å². The highest BCUT2D eigenvalue weighted by atomic mass is 16.1. The van der Waals surface area contributed by atoms with Crippen molar-refractivity contribution in [3.8, 4) is 0 Å². The molecule has 1 saturated carbocycles. The molecule has 72 valence electrons. The molecule has 0 radical (unpaired) electrons. The molecule has 0 N–H and O–H groups in total. The first-order valence-electron chi connectivity index (χ1n) is 5.18. The molecule has 1 atom stereocenters. The Balaban J connectivity index is 1.76. The Kier molecular flexibility index (Phi) is 2.77. The molecule has 1 aliphatic carbocycles. The Morgan fingerprint density at radius 2 is 2.23 bits per heavy atom. The van der Waals surface area contributed by atoms with Crippen LogP contribution in [-0.2, 0) is 4.79 Å². The molecule has 0 aromatic carbocycles. The van der Waals surface area contributed by atoms with Gasteiger partial charge in [0.15, 0.2) is 0 Å². The van der Waals surface area contributed by atoms with Crippen LogP contribution in [0.2, 0.25) is 0 Å². The van der Waals surface area contributed by atoms with Crippen LogP contribution in [0.3, 0.4) is 0 Å². The van der Waals surface area contributed by atoms with E-state index in [-0.39, 0.29) is 0 Å². The van der Waals surface area contributed by atoms with Crippen molar-refractivity contribution in [3.63, 3.8) is 0 Å². The highest BCUT2D eigenvalue weighted by molar-refractivity contribution is 5.32. The number of hydrogen-bond donors (Lipinski definition) is 0. The molecule has 1 heterocycles. The zero-order valence-corrected chi connectivity index (χ0v) is 7.91. The standard InChI is InChI=1S/C10H16N2O/c13-8-11-6-9-4-5-12(7-9)10-2-1-3-10/h9-10H,1-7H2. The van der Waals surface area contributed by atoms with Gasteiger partial charge in [-0.15, -0.1) is 0 Å². The Hall–Kier alpha value is -0.660. The molecule has 0 spiro atoms. The molecule has 1 unspecified atom stereocenters. The first-order chi connectivity index (χ1) is 6.40. The molecule has 1 aliphatic heterocycles. The number of rotatable bonds is 3. The second kappa shape index (κ2) is 4.03. The fourth-order valence-corrected chi connectivity index (χ4v) is 2.26. The van der Waals surface area contributed by atoms with E-state index in [9.17, 15) is 4.79 Å². The van der Waals surface area contributed by atoms with Gasteiger partial charge in [-0.05, 0) is 31.7 Å². The van der Waals surface area contributed by atoms with Gasteiger partial charge in [0.05, 0.1) is 6.54 Å². The van der Waals surface area contributed by atoms with Gasteiger partial charge in [-0.2, -0.15) is 0 Å². The average molecular weight is 180 g/mol. The second-order valence-corrected chi connectivity index (χ2v) is 4.17. The number of hydrogen-bond acceptors (Lipinski definition) is 3. The number of carbonyl (C=O) groups excluding carboxylic acids is 1. The predicted molar refractivity (Wildman–Crippen MR) is 50.3 cm³/mol. The van der Waals surface area contributed by atoms with E-state index < -0.39 is 0 Å². The largest absolute Gasteiger partial charge is 0.300 e. The van der Waals surface area contributed by atoms with Gasteiger partial charge in [0.2, 0.25) is 6.08 Å². The summed E-state index contributed by atoms with van der Waals surface area (Å²) >= 11 is 0. The Labute approximate surface area is 78.8 Å². The smallest absolute Gasteiger partial charge is 0.234 e. The van der Waals surface area contributed by atoms with E-state index in [0.717, 1.165) is 12.6 Å². The van der Waals surface area contributed by atoms with Gasteiger partial charge in [0.1, 0.15) is 0 Å². The lowest BCUT2D eigenvalue weighted by molar-refractivity contribution is 0.154. The Bertz CT molecular complexity index is 219.